The van der Waals surface area contributed by atoms with Crippen LogP contribution in [-0.2, 0) is 9.47 Å². The quantitative estimate of drug-likeness (QED) is 0.584. The maximum Gasteiger partial charge on any atom is 0.514 e. The topological polar surface area (TPSA) is 74.2 Å². The van der Waals surface area contributed by atoms with Gasteiger partial charge in [0.05, 0.1) is 16.3 Å². The van der Waals surface area contributed by atoms with Crippen molar-refractivity contribution < 1.29 is 23.8 Å². The molecule has 0 spiro atoms. The zero-order valence-corrected chi connectivity index (χ0v) is 11.7. The van der Waals surface area contributed by atoms with Crippen molar-refractivity contribution in [3.8, 4) is 5.75 Å². The predicted octanol–water partition coefficient (Wildman–Crippen LogP) is 1.22. The highest BCUT2D eigenvalue weighted by molar-refractivity contribution is 6.13. The molecule has 0 amide bonds. The summed E-state index contributed by atoms with van der Waals surface area (Å²) < 4.78 is 15.9. The highest BCUT2D eigenvalue weighted by atomic mass is 16.8. The second-order valence-corrected chi connectivity index (χ2v) is 5.43. The van der Waals surface area contributed by atoms with E-state index in [1.807, 2.05) is 6.07 Å². The first-order valence-corrected chi connectivity index (χ1v) is 7.13. The Balaban J connectivity index is 1.94. The van der Waals surface area contributed by atoms with Gasteiger partial charge < -0.3 is 14.2 Å². The summed E-state index contributed by atoms with van der Waals surface area (Å²) in [5.41, 5.74) is 1.60. The Hall–Kier alpha value is -3.15. The lowest BCUT2D eigenvalue weighted by Crippen LogP contribution is -2.42. The minimum atomic E-state index is -0.762. The van der Waals surface area contributed by atoms with E-state index < -0.39 is 12.3 Å². The van der Waals surface area contributed by atoms with E-state index in [2.05, 4.69) is 4.99 Å². The number of ketones is 1. The molecule has 1 unspecified atom stereocenters. The van der Waals surface area contributed by atoms with Crippen LogP contribution in [0.2, 0.25) is 0 Å². The summed E-state index contributed by atoms with van der Waals surface area (Å²) in [6.45, 7) is 0.192. The van der Waals surface area contributed by atoms with Gasteiger partial charge in [-0.1, -0.05) is 12.1 Å². The van der Waals surface area contributed by atoms with Crippen molar-refractivity contribution in [3.63, 3.8) is 0 Å². The van der Waals surface area contributed by atoms with Gasteiger partial charge in [0.2, 0.25) is 0 Å². The highest BCUT2D eigenvalue weighted by Crippen LogP contribution is 2.27. The number of carbonyl (C=O) groups excluding carboxylic acids is 2. The average molecular weight is 307 g/mol. The van der Waals surface area contributed by atoms with Crippen molar-refractivity contribution in [2.24, 2.45) is 4.99 Å². The van der Waals surface area contributed by atoms with E-state index in [9.17, 15) is 9.59 Å². The number of ether oxygens (including phenoxy) is 3. The fourth-order valence-electron chi connectivity index (χ4n) is 3.10. The zero-order valence-electron chi connectivity index (χ0n) is 11.7. The SMILES string of the molecule is O=C1OC2=c3c(ccc4c3=Nc3ccccc3C4=O)OCC2O1. The van der Waals surface area contributed by atoms with Crippen LogP contribution in [0.5, 0.6) is 5.75 Å². The van der Waals surface area contributed by atoms with Crippen molar-refractivity contribution in [3.05, 3.63) is 58.1 Å². The number of nitrogens with zero attached hydrogens (tertiary/aromatic N) is 1. The van der Waals surface area contributed by atoms with Crippen LogP contribution < -0.4 is 15.3 Å². The summed E-state index contributed by atoms with van der Waals surface area (Å²) >= 11 is 0. The fourth-order valence-corrected chi connectivity index (χ4v) is 3.10. The Morgan fingerprint density at radius 2 is 1.91 bits per heavy atom. The summed E-state index contributed by atoms with van der Waals surface area (Å²) in [5.74, 6) is 0.787. The van der Waals surface area contributed by atoms with Crippen LogP contribution in [0.3, 0.4) is 0 Å². The first-order chi connectivity index (χ1) is 11.2. The number of carbonyl (C=O) groups is 2. The van der Waals surface area contributed by atoms with Crippen molar-refractivity contribution in [1.29, 1.82) is 0 Å². The normalized spacial score (nSPS) is 20.2. The molecule has 2 aromatic rings. The molecule has 5 rings (SSSR count). The Kier molecular flexibility index (Phi) is 2.26. The monoisotopic (exact) mass is 307 g/mol. The molecule has 0 bridgehead atoms. The van der Waals surface area contributed by atoms with Gasteiger partial charge in [0.25, 0.3) is 0 Å². The first-order valence-electron chi connectivity index (χ1n) is 7.13. The second-order valence-electron chi connectivity index (χ2n) is 5.43. The average Bonchev–Trinajstić information content (AvgIpc) is 2.95. The number of rotatable bonds is 0. The summed E-state index contributed by atoms with van der Waals surface area (Å²) in [4.78, 5) is 28.7. The minimum absolute atomic E-state index is 0.110. The van der Waals surface area contributed by atoms with Crippen molar-refractivity contribution in [1.82, 2.24) is 0 Å². The van der Waals surface area contributed by atoms with Crippen LogP contribution in [0.4, 0.5) is 10.5 Å². The van der Waals surface area contributed by atoms with E-state index >= 15 is 0 Å². The van der Waals surface area contributed by atoms with E-state index in [0.717, 1.165) is 0 Å². The molecule has 2 aromatic carbocycles. The molecule has 0 aromatic heterocycles. The molecule has 0 saturated carbocycles. The predicted molar refractivity (Wildman–Crippen MR) is 77.0 cm³/mol. The van der Waals surface area contributed by atoms with Crippen LogP contribution in [0.15, 0.2) is 41.4 Å². The van der Waals surface area contributed by atoms with Gasteiger partial charge in [-0.3, -0.25) is 4.79 Å². The van der Waals surface area contributed by atoms with Gasteiger partial charge in [0.1, 0.15) is 12.4 Å². The largest absolute Gasteiger partial charge is 0.514 e. The Morgan fingerprint density at radius 3 is 2.83 bits per heavy atom. The highest BCUT2D eigenvalue weighted by Gasteiger charge is 2.37. The number of benzene rings is 2. The molecule has 1 fully saturated rings. The first kappa shape index (κ1) is 12.4. The third-order valence-corrected chi connectivity index (χ3v) is 4.13. The molecule has 0 N–H and O–H groups in total. The molecule has 6 heteroatoms. The molecule has 3 heterocycles. The molecule has 23 heavy (non-hydrogen) atoms. The molecule has 1 saturated heterocycles. The smallest absolute Gasteiger partial charge is 0.488 e. The van der Waals surface area contributed by atoms with E-state index in [4.69, 9.17) is 14.2 Å². The summed E-state index contributed by atoms with van der Waals surface area (Å²) in [6, 6.07) is 10.5. The zero-order chi connectivity index (χ0) is 15.6. The van der Waals surface area contributed by atoms with Gasteiger partial charge in [0, 0.05) is 11.1 Å². The molecule has 1 atom stereocenters. The number of hydrogen-bond donors (Lipinski definition) is 0. The third-order valence-electron chi connectivity index (χ3n) is 4.13. The van der Waals surface area contributed by atoms with Crippen LogP contribution in [0, 0.1) is 0 Å². The summed E-state index contributed by atoms with van der Waals surface area (Å²) in [5, 5.41) is 0.983. The molecule has 0 aliphatic carbocycles. The van der Waals surface area contributed by atoms with Gasteiger partial charge in [-0.15, -0.1) is 0 Å². The van der Waals surface area contributed by atoms with Crippen molar-refractivity contribution in [2.45, 2.75) is 6.10 Å². The van der Waals surface area contributed by atoms with Crippen molar-refractivity contribution >= 4 is 23.4 Å². The van der Waals surface area contributed by atoms with E-state index in [1.165, 1.54) is 0 Å². The van der Waals surface area contributed by atoms with E-state index in [1.54, 1.807) is 30.3 Å². The van der Waals surface area contributed by atoms with Crippen LogP contribution in [0.25, 0.3) is 5.76 Å². The molecule has 112 valence electrons. The second kappa shape index (κ2) is 4.19. The van der Waals surface area contributed by atoms with Gasteiger partial charge in [-0.05, 0) is 24.3 Å². The molecule has 6 nitrogen and oxygen atoms in total. The lowest BCUT2D eigenvalue weighted by molar-refractivity contribution is 0.0981. The molecule has 0 radical (unpaired) electrons. The number of hydrogen-bond acceptors (Lipinski definition) is 6. The Labute approximate surface area is 129 Å². The Morgan fingerprint density at radius 1 is 1.04 bits per heavy atom. The molecule has 3 aliphatic heterocycles. The Bertz CT molecular complexity index is 1020. The molecular weight excluding hydrogens is 298 g/mol. The lowest BCUT2D eigenvalue weighted by Gasteiger charge is -2.19. The van der Waals surface area contributed by atoms with Gasteiger partial charge in [-0.2, -0.15) is 0 Å². The van der Waals surface area contributed by atoms with Gasteiger partial charge >= 0.3 is 6.16 Å². The molecular formula is C17H9NO5. The maximum absolute atomic E-state index is 12.7. The third kappa shape index (κ3) is 1.60. The van der Waals surface area contributed by atoms with Crippen molar-refractivity contribution in [2.75, 3.05) is 6.61 Å². The van der Waals surface area contributed by atoms with E-state index in [0.29, 0.717) is 38.9 Å². The molecule has 3 aliphatic rings. The maximum atomic E-state index is 12.7. The fraction of sp³-hybridized carbons (Fsp3) is 0.118. The van der Waals surface area contributed by atoms with Crippen LogP contribution in [-0.4, -0.2) is 24.6 Å². The van der Waals surface area contributed by atoms with E-state index in [-0.39, 0.29) is 12.4 Å². The number of para-hydroxylation sites is 1. The van der Waals surface area contributed by atoms with Gasteiger partial charge in [0.15, 0.2) is 17.6 Å². The van der Waals surface area contributed by atoms with Crippen LogP contribution in [0.1, 0.15) is 15.9 Å². The summed E-state index contributed by atoms with van der Waals surface area (Å²) in [7, 11) is 0. The standard InChI is InChI=1S/C17H9NO5/c19-15-8-3-1-2-4-10(8)18-14-9(15)5-6-11-13(14)16-12(7-21-11)22-17(20)23-16/h1-6,12H,7H2. The number of fused-ring (bicyclic) bond motifs is 5. The summed E-state index contributed by atoms with van der Waals surface area (Å²) in [6.07, 6.45) is -1.36. The lowest BCUT2D eigenvalue weighted by atomic mass is 9.96. The minimum Gasteiger partial charge on any atom is -0.488 e. The van der Waals surface area contributed by atoms with Gasteiger partial charge in [-0.25, -0.2) is 9.79 Å². The van der Waals surface area contributed by atoms with Crippen LogP contribution >= 0.6 is 0 Å².